The van der Waals surface area contributed by atoms with E-state index in [4.69, 9.17) is 11.6 Å². The second kappa shape index (κ2) is 3.39. The Morgan fingerprint density at radius 1 is 1.06 bits per heavy atom. The van der Waals surface area contributed by atoms with E-state index in [-0.39, 0.29) is 16.1 Å². The molecular weight excluding hydrogens is 244 g/mol. The van der Waals surface area contributed by atoms with E-state index >= 15 is 0 Å². The quantitative estimate of drug-likeness (QED) is 0.702. The molecule has 0 saturated heterocycles. The van der Waals surface area contributed by atoms with Crippen LogP contribution in [-0.2, 0) is 0 Å². The molecule has 0 atom stereocenters. The highest BCUT2D eigenvalue weighted by molar-refractivity contribution is 6.40. The third-order valence-corrected chi connectivity index (χ3v) is 2.80. The van der Waals surface area contributed by atoms with Gasteiger partial charge in [0.15, 0.2) is 0 Å². The molecule has 0 radical (unpaired) electrons. The second-order valence-electron chi connectivity index (χ2n) is 3.43. The van der Waals surface area contributed by atoms with Gasteiger partial charge in [-0.3, -0.25) is 9.59 Å². The van der Waals surface area contributed by atoms with Gasteiger partial charge < -0.3 is 0 Å². The number of benzene rings is 1. The van der Waals surface area contributed by atoms with Gasteiger partial charge in [0, 0.05) is 0 Å². The molecule has 0 fully saturated rings. The number of carbonyl (C=O) groups excluding carboxylic acids is 2. The first-order valence-corrected chi connectivity index (χ1v) is 5.10. The third-order valence-electron chi connectivity index (χ3n) is 2.48. The summed E-state index contributed by atoms with van der Waals surface area (Å²) in [5.41, 5.74) is 0.504. The van der Waals surface area contributed by atoms with Crippen molar-refractivity contribution in [2.24, 2.45) is 0 Å². The molecule has 1 aliphatic rings. The largest absolute Gasteiger partial charge is 0.282 e. The fourth-order valence-electron chi connectivity index (χ4n) is 1.74. The number of halogens is 1. The molecule has 2 aromatic rings. The molecule has 0 saturated carbocycles. The van der Waals surface area contributed by atoms with E-state index in [0.29, 0.717) is 0 Å². The molecule has 2 amide bonds. The number of amides is 2. The summed E-state index contributed by atoms with van der Waals surface area (Å²) in [5.74, 6) is -0.914. The maximum atomic E-state index is 12.1. The minimum atomic E-state index is -0.476. The minimum absolute atomic E-state index is 0.216. The fourth-order valence-corrected chi connectivity index (χ4v) is 2.00. The van der Waals surface area contributed by atoms with Crippen LogP contribution in [0.25, 0.3) is 0 Å². The molecule has 1 aliphatic heterocycles. The molecular formula is C10H5ClN4O2. The van der Waals surface area contributed by atoms with E-state index in [0.717, 1.165) is 5.01 Å². The first-order valence-electron chi connectivity index (χ1n) is 4.72. The first-order chi connectivity index (χ1) is 8.20. The number of aromatic nitrogens is 3. The molecule has 7 heteroatoms. The van der Waals surface area contributed by atoms with E-state index < -0.39 is 11.8 Å². The van der Waals surface area contributed by atoms with Crippen LogP contribution in [0.1, 0.15) is 20.7 Å². The average Bonchev–Trinajstić information content (AvgIpc) is 2.88. The summed E-state index contributed by atoms with van der Waals surface area (Å²) in [6.07, 6.45) is 2.55. The predicted octanol–water partition coefficient (Wildman–Crippen LogP) is 0.864. The maximum absolute atomic E-state index is 12.1. The van der Waals surface area contributed by atoms with Gasteiger partial charge in [0.1, 0.15) is 12.7 Å². The van der Waals surface area contributed by atoms with Crippen molar-refractivity contribution in [3.63, 3.8) is 0 Å². The molecule has 3 rings (SSSR count). The molecule has 17 heavy (non-hydrogen) atoms. The highest BCUT2D eigenvalue weighted by Gasteiger charge is 2.38. The van der Waals surface area contributed by atoms with Crippen LogP contribution in [0.4, 0.5) is 0 Å². The Balaban J connectivity index is 2.19. The van der Waals surface area contributed by atoms with Gasteiger partial charge >= 0.3 is 0 Å². The van der Waals surface area contributed by atoms with Crippen LogP contribution in [0.5, 0.6) is 0 Å². The van der Waals surface area contributed by atoms with Crippen molar-refractivity contribution < 1.29 is 9.59 Å². The number of rotatable bonds is 1. The molecule has 0 aliphatic carbocycles. The van der Waals surface area contributed by atoms with Crippen molar-refractivity contribution in [2.75, 3.05) is 5.01 Å². The molecule has 1 aromatic carbocycles. The van der Waals surface area contributed by atoms with Crippen molar-refractivity contribution >= 4 is 23.4 Å². The van der Waals surface area contributed by atoms with Gasteiger partial charge in [-0.15, -0.1) is 10.2 Å². The molecule has 1 aromatic heterocycles. The predicted molar refractivity (Wildman–Crippen MR) is 58.4 cm³/mol. The summed E-state index contributed by atoms with van der Waals surface area (Å²) in [7, 11) is 0. The minimum Gasteiger partial charge on any atom is -0.267 e. The topological polar surface area (TPSA) is 68.1 Å². The number of imide groups is 1. The summed E-state index contributed by atoms with van der Waals surface area (Å²) < 4.78 is 1.22. The summed E-state index contributed by atoms with van der Waals surface area (Å²) >= 11 is 5.92. The Kier molecular flexibility index (Phi) is 1.99. The smallest absolute Gasteiger partial charge is 0.267 e. The van der Waals surface area contributed by atoms with Crippen molar-refractivity contribution in [3.8, 4) is 0 Å². The normalized spacial score (nSPS) is 14.3. The number of hydrogen-bond donors (Lipinski definition) is 0. The lowest BCUT2D eigenvalue weighted by molar-refractivity contribution is 0.0886. The van der Waals surface area contributed by atoms with Crippen molar-refractivity contribution in [3.05, 3.63) is 47.0 Å². The molecule has 0 spiro atoms. The highest BCUT2D eigenvalue weighted by atomic mass is 35.5. The molecule has 2 heterocycles. The maximum Gasteiger partial charge on any atom is 0.282 e. The Hall–Kier alpha value is -2.21. The van der Waals surface area contributed by atoms with Crippen molar-refractivity contribution in [1.82, 2.24) is 14.9 Å². The molecule has 0 N–H and O–H groups in total. The molecule has 6 nitrogen and oxygen atoms in total. The SMILES string of the molecule is O=C1c2cccc(Cl)c2C(=O)N1n1cnnc1. The summed E-state index contributed by atoms with van der Waals surface area (Å²) in [4.78, 5) is 24.1. The van der Waals surface area contributed by atoms with Crippen LogP contribution in [-0.4, -0.2) is 26.7 Å². The number of nitrogens with zero attached hydrogens (tertiary/aromatic N) is 4. The lowest BCUT2D eigenvalue weighted by atomic mass is 10.1. The van der Waals surface area contributed by atoms with Crippen LogP contribution in [0.2, 0.25) is 5.02 Å². The van der Waals surface area contributed by atoms with Crippen LogP contribution < -0.4 is 5.01 Å². The van der Waals surface area contributed by atoms with Gasteiger partial charge in [-0.2, -0.15) is 5.01 Å². The molecule has 84 valence electrons. The standard InChI is InChI=1S/C10H5ClN4O2/c11-7-3-1-2-6-8(7)10(17)15(9(6)16)14-4-12-13-5-14/h1-5H. The van der Waals surface area contributed by atoms with E-state index in [1.807, 2.05) is 0 Å². The summed E-state index contributed by atoms with van der Waals surface area (Å²) in [5, 5.41) is 8.31. The van der Waals surface area contributed by atoms with Crippen molar-refractivity contribution in [2.45, 2.75) is 0 Å². The van der Waals surface area contributed by atoms with Gasteiger partial charge in [0.25, 0.3) is 11.8 Å². The molecule has 0 unspecified atom stereocenters. The highest BCUT2D eigenvalue weighted by Crippen LogP contribution is 2.27. The van der Waals surface area contributed by atoms with E-state index in [9.17, 15) is 9.59 Å². The zero-order chi connectivity index (χ0) is 12.0. The van der Waals surface area contributed by atoms with E-state index in [1.54, 1.807) is 18.2 Å². The third kappa shape index (κ3) is 1.27. The lowest BCUT2D eigenvalue weighted by Crippen LogP contribution is -2.38. The van der Waals surface area contributed by atoms with Gasteiger partial charge in [-0.1, -0.05) is 17.7 Å². The number of carbonyl (C=O) groups is 2. The van der Waals surface area contributed by atoms with Gasteiger partial charge in [-0.05, 0) is 12.1 Å². The Labute approximate surface area is 100 Å². The summed E-state index contributed by atoms with van der Waals surface area (Å²) in [6.45, 7) is 0. The van der Waals surface area contributed by atoms with Crippen LogP contribution in [0, 0.1) is 0 Å². The number of fused-ring (bicyclic) bond motifs is 1. The fraction of sp³-hybridized carbons (Fsp3) is 0. The molecule has 0 bridgehead atoms. The zero-order valence-corrected chi connectivity index (χ0v) is 9.13. The van der Waals surface area contributed by atoms with Gasteiger partial charge in [0.05, 0.1) is 16.1 Å². The Morgan fingerprint density at radius 2 is 1.76 bits per heavy atom. The van der Waals surface area contributed by atoms with Crippen molar-refractivity contribution in [1.29, 1.82) is 0 Å². The zero-order valence-electron chi connectivity index (χ0n) is 8.37. The van der Waals surface area contributed by atoms with Crippen LogP contribution in [0.3, 0.4) is 0 Å². The first kappa shape index (κ1) is 9.98. The van der Waals surface area contributed by atoms with Gasteiger partial charge in [0.2, 0.25) is 0 Å². The Morgan fingerprint density at radius 3 is 2.41 bits per heavy atom. The lowest BCUT2D eigenvalue weighted by Gasteiger charge is -2.12. The average molecular weight is 249 g/mol. The van der Waals surface area contributed by atoms with Crippen LogP contribution in [0.15, 0.2) is 30.9 Å². The van der Waals surface area contributed by atoms with E-state index in [2.05, 4.69) is 10.2 Å². The Bertz CT molecular complexity index is 623. The summed E-state index contributed by atoms with van der Waals surface area (Å²) in [6, 6.07) is 4.76. The monoisotopic (exact) mass is 248 g/mol. The second-order valence-corrected chi connectivity index (χ2v) is 3.83. The number of hydrogen-bond acceptors (Lipinski definition) is 4. The van der Waals surface area contributed by atoms with Crippen LogP contribution >= 0.6 is 11.6 Å². The van der Waals surface area contributed by atoms with Gasteiger partial charge in [-0.25, -0.2) is 4.68 Å². The van der Waals surface area contributed by atoms with E-state index in [1.165, 1.54) is 17.3 Å².